The minimum absolute atomic E-state index is 0.430. The van der Waals surface area contributed by atoms with Gasteiger partial charge in [-0.2, -0.15) is 5.10 Å². The molecule has 0 bridgehead atoms. The molecule has 8 heteroatoms. The summed E-state index contributed by atoms with van der Waals surface area (Å²) in [5.74, 6) is 0.430. The topological polar surface area (TPSA) is 76.7 Å². The molecule has 7 nitrogen and oxygen atoms in total. The predicted octanol–water partition coefficient (Wildman–Crippen LogP) is 1.83. The second-order valence-electron chi connectivity index (χ2n) is 4.37. The normalized spacial score (nSPS) is 11.4. The van der Waals surface area contributed by atoms with E-state index in [-0.39, 0.29) is 0 Å². The van der Waals surface area contributed by atoms with Crippen LogP contribution >= 0.6 is 12.2 Å². The van der Waals surface area contributed by atoms with Gasteiger partial charge in [0.05, 0.1) is 11.4 Å². The Hall–Kier alpha value is -2.61. The first-order chi connectivity index (χ1) is 9.75. The lowest BCUT2D eigenvalue weighted by Gasteiger charge is -2.03. The summed E-state index contributed by atoms with van der Waals surface area (Å²) in [6.07, 6.45) is 0. The molecule has 0 aliphatic rings. The maximum atomic E-state index is 5.27. The molecule has 0 unspecified atom stereocenters. The Kier molecular flexibility index (Phi) is 2.21. The number of nitrogens with zero attached hydrogens (tertiary/aromatic N) is 6. The highest BCUT2D eigenvalue weighted by molar-refractivity contribution is 7.71. The molecule has 0 aliphatic heterocycles. The van der Waals surface area contributed by atoms with E-state index in [4.69, 9.17) is 12.2 Å². The molecular weight excluding hydrogens is 274 g/mol. The molecule has 4 aromatic rings. The molecular formula is C12H9N7S. The van der Waals surface area contributed by atoms with Gasteiger partial charge in [0.1, 0.15) is 0 Å². The van der Waals surface area contributed by atoms with Gasteiger partial charge in [-0.25, -0.2) is 14.2 Å². The Morgan fingerprint density at radius 3 is 2.75 bits per heavy atom. The van der Waals surface area contributed by atoms with Gasteiger partial charge in [-0.05, 0) is 31.3 Å². The Labute approximate surface area is 117 Å². The third-order valence-electron chi connectivity index (χ3n) is 3.11. The summed E-state index contributed by atoms with van der Waals surface area (Å²) >= 11 is 5.27. The smallest absolute Gasteiger partial charge is 0.249 e. The van der Waals surface area contributed by atoms with Crippen molar-refractivity contribution >= 4 is 29.2 Å². The van der Waals surface area contributed by atoms with Gasteiger partial charge in [-0.3, -0.25) is 0 Å². The molecule has 4 rings (SSSR count). The summed E-state index contributed by atoms with van der Waals surface area (Å²) in [5.41, 5.74) is 3.20. The zero-order chi connectivity index (χ0) is 13.7. The number of aromatic nitrogens is 7. The summed E-state index contributed by atoms with van der Waals surface area (Å²) in [5, 5.41) is 19.5. The highest BCUT2D eigenvalue weighted by atomic mass is 32.1. The van der Waals surface area contributed by atoms with E-state index in [1.54, 1.807) is 9.08 Å². The number of aromatic amines is 1. The summed E-state index contributed by atoms with van der Waals surface area (Å²) in [7, 11) is 0. The van der Waals surface area contributed by atoms with Crippen LogP contribution in [0.15, 0.2) is 30.3 Å². The van der Waals surface area contributed by atoms with Crippen LogP contribution in [0.5, 0.6) is 0 Å². The highest BCUT2D eigenvalue weighted by Crippen LogP contribution is 2.19. The van der Waals surface area contributed by atoms with E-state index in [0.29, 0.717) is 16.1 Å². The SMILES string of the molecule is Cc1nn(-c2ccccc2)c2c1nnc1n[nH]c(=S)n12. The summed E-state index contributed by atoms with van der Waals surface area (Å²) in [4.78, 5) is 0. The second kappa shape index (κ2) is 3.94. The molecule has 0 aliphatic carbocycles. The predicted molar refractivity (Wildman–Crippen MR) is 75.3 cm³/mol. The van der Waals surface area contributed by atoms with Crippen LogP contribution in [0.25, 0.3) is 22.6 Å². The van der Waals surface area contributed by atoms with E-state index in [9.17, 15) is 0 Å². The number of nitrogens with one attached hydrogen (secondary N) is 1. The minimum Gasteiger partial charge on any atom is -0.249 e. The van der Waals surface area contributed by atoms with Crippen LogP contribution in [0, 0.1) is 11.7 Å². The molecule has 0 fully saturated rings. The molecule has 1 aromatic carbocycles. The van der Waals surface area contributed by atoms with Crippen LogP contribution in [0.2, 0.25) is 0 Å². The highest BCUT2D eigenvalue weighted by Gasteiger charge is 2.16. The average molecular weight is 283 g/mol. The third-order valence-corrected chi connectivity index (χ3v) is 3.39. The van der Waals surface area contributed by atoms with Gasteiger partial charge < -0.3 is 0 Å². The van der Waals surface area contributed by atoms with E-state index in [0.717, 1.165) is 17.0 Å². The summed E-state index contributed by atoms with van der Waals surface area (Å²) in [6.45, 7) is 1.89. The lowest BCUT2D eigenvalue weighted by molar-refractivity contribution is 0.865. The maximum Gasteiger partial charge on any atom is 0.274 e. The summed E-state index contributed by atoms with van der Waals surface area (Å²) < 4.78 is 4.01. The van der Waals surface area contributed by atoms with Crippen molar-refractivity contribution in [3.05, 3.63) is 40.8 Å². The molecule has 3 heterocycles. The van der Waals surface area contributed by atoms with E-state index in [1.807, 2.05) is 37.3 Å². The van der Waals surface area contributed by atoms with Gasteiger partial charge >= 0.3 is 0 Å². The second-order valence-corrected chi connectivity index (χ2v) is 4.76. The lowest BCUT2D eigenvalue weighted by Crippen LogP contribution is -2.02. The van der Waals surface area contributed by atoms with Gasteiger partial charge in [0.25, 0.3) is 5.78 Å². The Bertz CT molecular complexity index is 980. The molecule has 98 valence electrons. The van der Waals surface area contributed by atoms with Gasteiger partial charge in [0.15, 0.2) is 11.2 Å². The van der Waals surface area contributed by atoms with Crippen LogP contribution in [-0.4, -0.2) is 34.6 Å². The first-order valence-corrected chi connectivity index (χ1v) is 6.41. The van der Waals surface area contributed by atoms with Crippen molar-refractivity contribution in [1.29, 1.82) is 0 Å². The standard InChI is InChI=1S/C12H9N7S/c1-7-9-10(18-11(14-13-9)15-16-12(18)20)19(17-7)8-5-3-2-4-6-8/h2-6H,1H3,(H,16,20). The number of para-hydroxylation sites is 1. The van der Waals surface area contributed by atoms with Crippen molar-refractivity contribution in [3.63, 3.8) is 0 Å². The first-order valence-electron chi connectivity index (χ1n) is 6.00. The third kappa shape index (κ3) is 1.42. The van der Waals surface area contributed by atoms with Crippen LogP contribution in [0.1, 0.15) is 5.69 Å². The number of hydrogen-bond acceptors (Lipinski definition) is 5. The number of benzene rings is 1. The van der Waals surface area contributed by atoms with E-state index >= 15 is 0 Å². The number of H-pyrrole nitrogens is 1. The number of hydrogen-bond donors (Lipinski definition) is 1. The monoisotopic (exact) mass is 283 g/mol. The van der Waals surface area contributed by atoms with Crippen molar-refractivity contribution in [1.82, 2.24) is 34.6 Å². The minimum atomic E-state index is 0.430. The quantitative estimate of drug-likeness (QED) is 0.539. The van der Waals surface area contributed by atoms with Crippen molar-refractivity contribution in [2.75, 3.05) is 0 Å². The van der Waals surface area contributed by atoms with Crippen LogP contribution in [-0.2, 0) is 0 Å². The molecule has 0 saturated heterocycles. The van der Waals surface area contributed by atoms with Crippen molar-refractivity contribution < 1.29 is 0 Å². The van der Waals surface area contributed by atoms with Crippen molar-refractivity contribution in [3.8, 4) is 5.69 Å². The molecule has 3 aromatic heterocycles. The summed E-state index contributed by atoms with van der Waals surface area (Å²) in [6, 6.07) is 9.82. The maximum absolute atomic E-state index is 5.27. The van der Waals surface area contributed by atoms with Crippen molar-refractivity contribution in [2.45, 2.75) is 6.92 Å². The fraction of sp³-hybridized carbons (Fsp3) is 0.0833. The van der Waals surface area contributed by atoms with Gasteiger partial charge in [0, 0.05) is 0 Å². The Balaban J connectivity index is 2.24. The number of rotatable bonds is 1. The molecule has 0 saturated carbocycles. The fourth-order valence-corrected chi connectivity index (χ4v) is 2.43. The van der Waals surface area contributed by atoms with Gasteiger partial charge in [0.2, 0.25) is 4.77 Å². The Morgan fingerprint density at radius 2 is 1.95 bits per heavy atom. The van der Waals surface area contributed by atoms with E-state index < -0.39 is 0 Å². The Morgan fingerprint density at radius 1 is 1.15 bits per heavy atom. The zero-order valence-electron chi connectivity index (χ0n) is 10.5. The molecule has 20 heavy (non-hydrogen) atoms. The molecule has 0 radical (unpaired) electrons. The largest absolute Gasteiger partial charge is 0.274 e. The molecule has 0 spiro atoms. The van der Waals surface area contributed by atoms with Crippen LogP contribution in [0.3, 0.4) is 0 Å². The molecule has 0 atom stereocenters. The van der Waals surface area contributed by atoms with Gasteiger partial charge in [-0.15, -0.1) is 15.3 Å². The first kappa shape index (κ1) is 11.2. The number of fused-ring (bicyclic) bond motifs is 3. The van der Waals surface area contributed by atoms with Crippen LogP contribution in [0.4, 0.5) is 0 Å². The average Bonchev–Trinajstić information content (AvgIpc) is 3.01. The van der Waals surface area contributed by atoms with Crippen molar-refractivity contribution in [2.24, 2.45) is 0 Å². The fourth-order valence-electron chi connectivity index (χ4n) is 2.22. The lowest BCUT2D eigenvalue weighted by atomic mass is 10.3. The van der Waals surface area contributed by atoms with E-state index in [2.05, 4.69) is 25.5 Å². The number of aryl methyl sites for hydroxylation is 1. The van der Waals surface area contributed by atoms with Crippen LogP contribution < -0.4 is 0 Å². The van der Waals surface area contributed by atoms with E-state index in [1.165, 1.54) is 0 Å². The molecule has 1 N–H and O–H groups in total. The zero-order valence-corrected chi connectivity index (χ0v) is 11.3. The molecule has 0 amide bonds. The van der Waals surface area contributed by atoms with Gasteiger partial charge in [-0.1, -0.05) is 18.2 Å².